The molecule has 0 fully saturated rings. The van der Waals surface area contributed by atoms with Gasteiger partial charge in [-0.25, -0.2) is 10.2 Å². The van der Waals surface area contributed by atoms with Gasteiger partial charge in [0.05, 0.1) is 11.8 Å². The topological polar surface area (TPSA) is 67.8 Å². The third kappa shape index (κ3) is 5.61. The van der Waals surface area contributed by atoms with Crippen LogP contribution in [-0.2, 0) is 0 Å². The average molecular weight is 502 g/mol. The summed E-state index contributed by atoms with van der Waals surface area (Å²) in [4.78, 5) is 24.1. The molecule has 0 heterocycles. The maximum absolute atomic E-state index is 12.1. The van der Waals surface area contributed by atoms with Crippen LogP contribution in [0.1, 0.15) is 26.3 Å². The van der Waals surface area contributed by atoms with E-state index in [-0.39, 0.29) is 5.91 Å². The zero-order valence-corrected chi connectivity index (χ0v) is 17.6. The van der Waals surface area contributed by atoms with Crippen LogP contribution in [0.4, 0.5) is 0 Å². The van der Waals surface area contributed by atoms with Crippen molar-refractivity contribution in [2.75, 3.05) is 0 Å². The van der Waals surface area contributed by atoms with Gasteiger partial charge in [0.1, 0.15) is 5.75 Å². The van der Waals surface area contributed by atoms with E-state index in [9.17, 15) is 9.59 Å². The molecule has 0 aliphatic carbocycles. The second kappa shape index (κ2) is 9.43. The van der Waals surface area contributed by atoms with Crippen molar-refractivity contribution in [2.45, 2.75) is 0 Å². The fraction of sp³-hybridized carbons (Fsp3) is 0. The third-order valence-electron chi connectivity index (χ3n) is 3.64. The Kier molecular flexibility index (Phi) is 6.73. The lowest BCUT2D eigenvalue weighted by molar-refractivity contribution is 0.0734. The van der Waals surface area contributed by atoms with E-state index in [4.69, 9.17) is 4.74 Å². The van der Waals surface area contributed by atoms with Crippen molar-refractivity contribution in [3.63, 3.8) is 0 Å². The summed E-state index contributed by atoms with van der Waals surface area (Å²) in [5.41, 5.74) is 4.18. The van der Waals surface area contributed by atoms with Gasteiger partial charge in [0.25, 0.3) is 5.91 Å². The number of benzene rings is 3. The second-order valence-electron chi connectivity index (χ2n) is 5.67. The molecule has 3 aromatic carbocycles. The molecule has 7 heteroatoms. The van der Waals surface area contributed by atoms with Crippen LogP contribution in [0.3, 0.4) is 0 Å². The Hall–Kier alpha value is -2.77. The first-order chi connectivity index (χ1) is 13.5. The van der Waals surface area contributed by atoms with Crippen molar-refractivity contribution in [3.8, 4) is 5.75 Å². The van der Waals surface area contributed by atoms with E-state index in [0.717, 1.165) is 14.5 Å². The number of carbonyl (C=O) groups is 2. The summed E-state index contributed by atoms with van der Waals surface area (Å²) >= 11 is 6.64. The number of halogens is 2. The number of rotatable bonds is 5. The van der Waals surface area contributed by atoms with Crippen LogP contribution < -0.4 is 10.2 Å². The highest BCUT2D eigenvalue weighted by Crippen LogP contribution is 2.16. The Labute approximate surface area is 178 Å². The number of hydrogen-bond donors (Lipinski definition) is 1. The van der Waals surface area contributed by atoms with E-state index < -0.39 is 5.97 Å². The Morgan fingerprint density at radius 3 is 2.25 bits per heavy atom. The summed E-state index contributed by atoms with van der Waals surface area (Å²) in [6, 6.07) is 20.7. The molecule has 3 aromatic rings. The summed E-state index contributed by atoms with van der Waals surface area (Å²) in [6.45, 7) is 0. The molecule has 0 spiro atoms. The highest BCUT2D eigenvalue weighted by atomic mass is 79.9. The Balaban J connectivity index is 1.56. The van der Waals surface area contributed by atoms with Gasteiger partial charge in [-0.15, -0.1) is 0 Å². The number of esters is 1. The number of ether oxygens (including phenoxy) is 1. The zero-order valence-electron chi connectivity index (χ0n) is 14.4. The minimum Gasteiger partial charge on any atom is -0.423 e. The quantitative estimate of drug-likeness (QED) is 0.226. The summed E-state index contributed by atoms with van der Waals surface area (Å²) in [7, 11) is 0. The van der Waals surface area contributed by atoms with Crippen LogP contribution in [0.15, 0.2) is 86.8 Å². The molecule has 28 heavy (non-hydrogen) atoms. The van der Waals surface area contributed by atoms with E-state index in [0.29, 0.717) is 16.9 Å². The second-order valence-corrected chi connectivity index (χ2v) is 7.51. The number of carbonyl (C=O) groups excluding carboxylic acids is 2. The SMILES string of the molecule is O=C(N/N=C\c1ccc(OC(=O)c2ccc(Br)cc2)cc1)c1cccc(Br)c1. The number of hydrazone groups is 1. The number of nitrogens with one attached hydrogen (secondary N) is 1. The summed E-state index contributed by atoms with van der Waals surface area (Å²) < 4.78 is 7.04. The molecular weight excluding hydrogens is 488 g/mol. The van der Waals surface area contributed by atoms with Crippen LogP contribution in [0.2, 0.25) is 0 Å². The zero-order chi connectivity index (χ0) is 19.9. The minimum atomic E-state index is -0.435. The van der Waals surface area contributed by atoms with Crippen LogP contribution in [0.25, 0.3) is 0 Å². The largest absolute Gasteiger partial charge is 0.423 e. The highest BCUT2D eigenvalue weighted by molar-refractivity contribution is 9.10. The molecule has 0 aliphatic rings. The molecule has 0 saturated heterocycles. The molecular formula is C21H14Br2N2O3. The third-order valence-corrected chi connectivity index (χ3v) is 4.66. The van der Waals surface area contributed by atoms with Gasteiger partial charge in [-0.1, -0.05) is 37.9 Å². The molecule has 0 atom stereocenters. The van der Waals surface area contributed by atoms with Gasteiger partial charge in [-0.3, -0.25) is 4.79 Å². The fourth-order valence-electron chi connectivity index (χ4n) is 2.23. The van der Waals surface area contributed by atoms with Crippen molar-refractivity contribution in [2.24, 2.45) is 5.10 Å². The average Bonchev–Trinajstić information content (AvgIpc) is 2.69. The van der Waals surface area contributed by atoms with E-state index in [1.807, 2.05) is 6.07 Å². The van der Waals surface area contributed by atoms with Crippen molar-refractivity contribution in [1.82, 2.24) is 5.43 Å². The number of nitrogens with zero attached hydrogens (tertiary/aromatic N) is 1. The molecule has 5 nitrogen and oxygen atoms in total. The van der Waals surface area contributed by atoms with Gasteiger partial charge in [0.2, 0.25) is 0 Å². The highest BCUT2D eigenvalue weighted by Gasteiger charge is 2.08. The van der Waals surface area contributed by atoms with Gasteiger partial charge >= 0.3 is 5.97 Å². The number of hydrogen-bond acceptors (Lipinski definition) is 4. The Morgan fingerprint density at radius 2 is 1.57 bits per heavy atom. The van der Waals surface area contributed by atoms with Crippen LogP contribution >= 0.6 is 31.9 Å². The summed E-state index contributed by atoms with van der Waals surface area (Å²) in [6.07, 6.45) is 1.51. The van der Waals surface area contributed by atoms with Crippen molar-refractivity contribution < 1.29 is 14.3 Å². The molecule has 140 valence electrons. The minimum absolute atomic E-state index is 0.308. The summed E-state index contributed by atoms with van der Waals surface area (Å²) in [5.74, 6) is -0.323. The van der Waals surface area contributed by atoms with E-state index in [2.05, 4.69) is 42.4 Å². The van der Waals surface area contributed by atoms with Crippen LogP contribution in [-0.4, -0.2) is 18.1 Å². The Morgan fingerprint density at radius 1 is 0.857 bits per heavy atom. The maximum Gasteiger partial charge on any atom is 0.343 e. The molecule has 0 bridgehead atoms. The first-order valence-corrected chi connectivity index (χ1v) is 9.77. The lowest BCUT2D eigenvalue weighted by Crippen LogP contribution is -2.17. The lowest BCUT2D eigenvalue weighted by Gasteiger charge is -2.05. The molecule has 0 aliphatic heterocycles. The lowest BCUT2D eigenvalue weighted by atomic mass is 10.2. The van der Waals surface area contributed by atoms with Gasteiger partial charge in [-0.05, 0) is 72.3 Å². The first-order valence-electron chi connectivity index (χ1n) is 8.18. The number of amides is 1. The molecule has 3 rings (SSSR count). The van der Waals surface area contributed by atoms with Crippen molar-refractivity contribution in [3.05, 3.63) is 98.4 Å². The predicted molar refractivity (Wildman–Crippen MR) is 115 cm³/mol. The molecule has 0 radical (unpaired) electrons. The van der Waals surface area contributed by atoms with Crippen LogP contribution in [0, 0.1) is 0 Å². The normalized spacial score (nSPS) is 10.6. The van der Waals surface area contributed by atoms with E-state index in [1.54, 1.807) is 66.7 Å². The van der Waals surface area contributed by atoms with Gasteiger partial charge in [-0.2, -0.15) is 5.10 Å². The van der Waals surface area contributed by atoms with E-state index in [1.165, 1.54) is 6.21 Å². The van der Waals surface area contributed by atoms with Crippen molar-refractivity contribution in [1.29, 1.82) is 0 Å². The summed E-state index contributed by atoms with van der Waals surface area (Å²) in [5, 5.41) is 3.94. The van der Waals surface area contributed by atoms with Gasteiger partial charge in [0, 0.05) is 14.5 Å². The molecule has 0 unspecified atom stereocenters. The van der Waals surface area contributed by atoms with Crippen LogP contribution in [0.5, 0.6) is 5.75 Å². The molecule has 0 saturated carbocycles. The molecule has 1 amide bonds. The maximum atomic E-state index is 12.1. The van der Waals surface area contributed by atoms with E-state index >= 15 is 0 Å². The molecule has 0 aromatic heterocycles. The monoisotopic (exact) mass is 500 g/mol. The standard InChI is InChI=1S/C21H14Br2N2O3/c22-17-8-6-15(7-9-17)21(27)28-19-10-4-14(5-11-19)13-24-25-20(26)16-2-1-3-18(23)12-16/h1-13H,(H,25,26)/b24-13-. The first kappa shape index (κ1) is 20.0. The fourth-order valence-corrected chi connectivity index (χ4v) is 2.90. The van der Waals surface area contributed by atoms with Crippen molar-refractivity contribution >= 4 is 50.0 Å². The molecule has 1 N–H and O–H groups in total. The predicted octanol–water partition coefficient (Wildman–Crippen LogP) is 5.19. The smallest absolute Gasteiger partial charge is 0.343 e. The van der Waals surface area contributed by atoms with Gasteiger partial charge in [0.15, 0.2) is 0 Å². The Bertz CT molecular complexity index is 1020. The van der Waals surface area contributed by atoms with Gasteiger partial charge < -0.3 is 4.74 Å².